The van der Waals surface area contributed by atoms with Gasteiger partial charge in [-0.05, 0) is 37.7 Å². The summed E-state index contributed by atoms with van der Waals surface area (Å²) in [6.45, 7) is 3.12. The summed E-state index contributed by atoms with van der Waals surface area (Å²) in [5, 5.41) is 0. The van der Waals surface area contributed by atoms with Gasteiger partial charge in [0.1, 0.15) is 6.61 Å². The van der Waals surface area contributed by atoms with Crippen molar-refractivity contribution < 1.29 is 23.8 Å². The molecule has 0 N–H and O–H groups in total. The van der Waals surface area contributed by atoms with E-state index in [0.29, 0.717) is 26.1 Å². The highest BCUT2D eigenvalue weighted by molar-refractivity contribution is 5.79. The zero-order chi connectivity index (χ0) is 19.5. The molecule has 150 valence electrons. The summed E-state index contributed by atoms with van der Waals surface area (Å²) in [4.78, 5) is 25.5. The van der Waals surface area contributed by atoms with Gasteiger partial charge in [0.2, 0.25) is 0 Å². The van der Waals surface area contributed by atoms with Gasteiger partial charge in [0.25, 0.3) is 0 Å². The van der Waals surface area contributed by atoms with Gasteiger partial charge in [0.05, 0.1) is 17.9 Å². The number of rotatable bonds is 11. The molecule has 0 aliphatic heterocycles. The maximum atomic E-state index is 13.0. The molecule has 1 aliphatic carbocycles. The van der Waals surface area contributed by atoms with E-state index < -0.39 is 5.41 Å². The van der Waals surface area contributed by atoms with Gasteiger partial charge in [-0.1, -0.05) is 50.1 Å². The highest BCUT2D eigenvalue weighted by Gasteiger charge is 2.45. The summed E-state index contributed by atoms with van der Waals surface area (Å²) in [6, 6.07) is 9.68. The largest absolute Gasteiger partial charge is 0.465 e. The number of hydrogen-bond acceptors (Lipinski definition) is 5. The van der Waals surface area contributed by atoms with Crippen molar-refractivity contribution in [2.75, 3.05) is 20.3 Å². The van der Waals surface area contributed by atoms with Gasteiger partial charge in [-0.15, -0.1) is 0 Å². The van der Waals surface area contributed by atoms with Crippen molar-refractivity contribution in [2.45, 2.75) is 58.5 Å². The molecule has 1 fully saturated rings. The van der Waals surface area contributed by atoms with Crippen LogP contribution in [-0.2, 0) is 30.4 Å². The van der Waals surface area contributed by atoms with Gasteiger partial charge in [0.15, 0.2) is 0 Å². The third kappa shape index (κ3) is 6.35. The second-order valence-electron chi connectivity index (χ2n) is 7.40. The number of ether oxygens (including phenoxy) is 3. The smallest absolute Gasteiger partial charge is 0.312 e. The first-order valence-electron chi connectivity index (χ1n) is 9.98. The quantitative estimate of drug-likeness (QED) is 0.539. The SMILES string of the molecule is CCCOC(=O)[C@H](CCOC)CC1(C(=O)OCc2ccccc2)CCCC1. The zero-order valence-electron chi connectivity index (χ0n) is 16.6. The van der Waals surface area contributed by atoms with Crippen LogP contribution in [0.3, 0.4) is 0 Å². The second-order valence-corrected chi connectivity index (χ2v) is 7.40. The Balaban J connectivity index is 2.04. The van der Waals surface area contributed by atoms with E-state index in [4.69, 9.17) is 14.2 Å². The average molecular weight is 376 g/mol. The van der Waals surface area contributed by atoms with Crippen molar-refractivity contribution in [2.24, 2.45) is 11.3 Å². The molecule has 1 aromatic carbocycles. The molecule has 2 rings (SSSR count). The second kappa shape index (κ2) is 11.1. The van der Waals surface area contributed by atoms with Crippen LogP contribution >= 0.6 is 0 Å². The van der Waals surface area contributed by atoms with Crippen LogP contribution in [-0.4, -0.2) is 32.3 Å². The van der Waals surface area contributed by atoms with Crippen LogP contribution in [0.25, 0.3) is 0 Å². The lowest BCUT2D eigenvalue weighted by Crippen LogP contribution is -2.35. The van der Waals surface area contributed by atoms with Crippen molar-refractivity contribution in [1.82, 2.24) is 0 Å². The first-order valence-corrected chi connectivity index (χ1v) is 9.98. The summed E-state index contributed by atoms with van der Waals surface area (Å²) in [5.74, 6) is -0.746. The standard InChI is InChI=1S/C22H32O5/c1-3-14-26-20(23)19(11-15-25-2)16-22(12-7-8-13-22)21(24)27-17-18-9-5-4-6-10-18/h4-6,9-10,19H,3,7-8,11-17H2,1-2H3/t19-/m1/s1. The van der Waals surface area contributed by atoms with Gasteiger partial charge in [-0.2, -0.15) is 0 Å². The van der Waals surface area contributed by atoms with E-state index in [1.54, 1.807) is 7.11 Å². The molecule has 0 radical (unpaired) electrons. The monoisotopic (exact) mass is 376 g/mol. The first kappa shape index (κ1) is 21.4. The molecule has 5 nitrogen and oxygen atoms in total. The van der Waals surface area contributed by atoms with Gasteiger partial charge >= 0.3 is 11.9 Å². The molecule has 5 heteroatoms. The average Bonchev–Trinajstić information content (AvgIpc) is 3.18. The number of carbonyl (C=O) groups is 2. The number of benzene rings is 1. The van der Waals surface area contributed by atoms with E-state index in [0.717, 1.165) is 37.7 Å². The number of methoxy groups -OCH3 is 1. The maximum absolute atomic E-state index is 13.0. The molecule has 1 atom stereocenters. The van der Waals surface area contributed by atoms with Crippen LogP contribution in [0.1, 0.15) is 57.4 Å². The summed E-state index contributed by atoms with van der Waals surface area (Å²) < 4.78 is 16.2. The minimum absolute atomic E-state index is 0.186. The molecule has 1 saturated carbocycles. The summed E-state index contributed by atoms with van der Waals surface area (Å²) >= 11 is 0. The molecular formula is C22H32O5. The minimum atomic E-state index is -0.585. The van der Waals surface area contributed by atoms with Crippen molar-refractivity contribution in [1.29, 1.82) is 0 Å². The summed E-state index contributed by atoms with van der Waals surface area (Å²) in [6.07, 6.45) is 5.34. The molecule has 0 spiro atoms. The Bertz CT molecular complexity index is 578. The van der Waals surface area contributed by atoms with Crippen molar-refractivity contribution in [3.63, 3.8) is 0 Å². The van der Waals surface area contributed by atoms with Crippen LogP contribution < -0.4 is 0 Å². The van der Waals surface area contributed by atoms with E-state index in [1.165, 1.54) is 0 Å². The summed E-state index contributed by atoms with van der Waals surface area (Å²) in [7, 11) is 1.62. The Hall–Kier alpha value is -1.88. The molecule has 1 aromatic rings. The Morgan fingerprint density at radius 3 is 2.41 bits per heavy atom. The molecule has 0 bridgehead atoms. The fraction of sp³-hybridized carbons (Fsp3) is 0.636. The van der Waals surface area contributed by atoms with Gasteiger partial charge < -0.3 is 14.2 Å². The van der Waals surface area contributed by atoms with E-state index in [2.05, 4.69) is 0 Å². The summed E-state index contributed by atoms with van der Waals surface area (Å²) in [5.41, 5.74) is 0.385. The number of carbonyl (C=O) groups excluding carboxylic acids is 2. The zero-order valence-corrected chi connectivity index (χ0v) is 16.6. The third-order valence-corrected chi connectivity index (χ3v) is 5.30. The van der Waals surface area contributed by atoms with Crippen molar-refractivity contribution in [3.05, 3.63) is 35.9 Å². The number of hydrogen-bond donors (Lipinski definition) is 0. The normalized spacial score (nSPS) is 16.7. The first-order chi connectivity index (χ1) is 13.1. The Morgan fingerprint density at radius 1 is 1.07 bits per heavy atom. The van der Waals surface area contributed by atoms with Crippen LogP contribution in [0.5, 0.6) is 0 Å². The van der Waals surface area contributed by atoms with E-state index in [-0.39, 0.29) is 24.5 Å². The molecule has 1 aliphatic rings. The molecule has 0 saturated heterocycles. The highest BCUT2D eigenvalue weighted by atomic mass is 16.5. The molecule has 0 aromatic heterocycles. The Morgan fingerprint density at radius 2 is 1.78 bits per heavy atom. The Kier molecular flexibility index (Phi) is 8.79. The third-order valence-electron chi connectivity index (χ3n) is 5.30. The van der Waals surface area contributed by atoms with E-state index in [9.17, 15) is 9.59 Å². The predicted octanol–water partition coefficient (Wildman–Crippen LogP) is 4.29. The van der Waals surface area contributed by atoms with E-state index >= 15 is 0 Å². The topological polar surface area (TPSA) is 61.8 Å². The molecular weight excluding hydrogens is 344 g/mol. The molecule has 0 heterocycles. The van der Waals surface area contributed by atoms with Gasteiger partial charge in [0, 0.05) is 13.7 Å². The fourth-order valence-corrected chi connectivity index (χ4v) is 3.78. The van der Waals surface area contributed by atoms with Crippen LogP contribution in [0.4, 0.5) is 0 Å². The maximum Gasteiger partial charge on any atom is 0.312 e. The van der Waals surface area contributed by atoms with Crippen LogP contribution in [0.15, 0.2) is 30.3 Å². The highest BCUT2D eigenvalue weighted by Crippen LogP contribution is 2.45. The molecule has 27 heavy (non-hydrogen) atoms. The number of esters is 2. The van der Waals surface area contributed by atoms with Crippen LogP contribution in [0.2, 0.25) is 0 Å². The van der Waals surface area contributed by atoms with Crippen molar-refractivity contribution >= 4 is 11.9 Å². The lowest BCUT2D eigenvalue weighted by Gasteiger charge is -2.30. The lowest BCUT2D eigenvalue weighted by atomic mass is 9.76. The fourth-order valence-electron chi connectivity index (χ4n) is 3.78. The molecule has 0 unspecified atom stereocenters. The minimum Gasteiger partial charge on any atom is -0.465 e. The van der Waals surface area contributed by atoms with Crippen LogP contribution in [0, 0.1) is 11.3 Å². The van der Waals surface area contributed by atoms with Gasteiger partial charge in [-0.3, -0.25) is 9.59 Å². The van der Waals surface area contributed by atoms with Gasteiger partial charge in [-0.25, -0.2) is 0 Å². The lowest BCUT2D eigenvalue weighted by molar-refractivity contribution is -0.161. The Labute approximate surface area is 162 Å². The predicted molar refractivity (Wildman–Crippen MR) is 103 cm³/mol. The molecule has 0 amide bonds. The van der Waals surface area contributed by atoms with E-state index in [1.807, 2.05) is 37.3 Å². The van der Waals surface area contributed by atoms with Crippen molar-refractivity contribution in [3.8, 4) is 0 Å².